The topological polar surface area (TPSA) is 44.4 Å². The van der Waals surface area contributed by atoms with Gasteiger partial charge in [-0.2, -0.15) is 0 Å². The standard InChI is InChI=1S/C15H21ClFN3O/c1-18-15(21)10-20-6-4-13(5-7-20)19-9-11-2-3-12(17)8-14(11)16/h2-3,8,13,19H,4-7,9-10H2,1H3,(H,18,21). The average molecular weight is 314 g/mol. The van der Waals surface area contributed by atoms with Crippen molar-refractivity contribution in [1.82, 2.24) is 15.5 Å². The number of carbonyl (C=O) groups excluding carboxylic acids is 1. The van der Waals surface area contributed by atoms with Crippen LogP contribution in [0.15, 0.2) is 18.2 Å². The van der Waals surface area contributed by atoms with E-state index < -0.39 is 0 Å². The maximum Gasteiger partial charge on any atom is 0.233 e. The molecule has 4 nitrogen and oxygen atoms in total. The van der Waals surface area contributed by atoms with Gasteiger partial charge in [-0.15, -0.1) is 0 Å². The van der Waals surface area contributed by atoms with Crippen LogP contribution in [0.1, 0.15) is 18.4 Å². The molecule has 0 spiro atoms. The second-order valence-electron chi connectivity index (χ2n) is 5.34. The number of carbonyl (C=O) groups is 1. The molecule has 1 heterocycles. The van der Waals surface area contributed by atoms with Crippen molar-refractivity contribution in [3.8, 4) is 0 Å². The molecule has 1 saturated heterocycles. The molecule has 6 heteroatoms. The normalized spacial score (nSPS) is 16.9. The molecule has 1 aliphatic heterocycles. The molecule has 0 saturated carbocycles. The summed E-state index contributed by atoms with van der Waals surface area (Å²) in [6.45, 7) is 2.91. The molecule has 0 unspecified atom stereocenters. The van der Waals surface area contributed by atoms with Crippen molar-refractivity contribution >= 4 is 17.5 Å². The van der Waals surface area contributed by atoms with E-state index in [0.717, 1.165) is 31.5 Å². The SMILES string of the molecule is CNC(=O)CN1CCC(NCc2ccc(F)cc2Cl)CC1. The van der Waals surface area contributed by atoms with Crippen molar-refractivity contribution in [2.75, 3.05) is 26.7 Å². The lowest BCUT2D eigenvalue weighted by atomic mass is 10.0. The summed E-state index contributed by atoms with van der Waals surface area (Å²) < 4.78 is 13.0. The number of hydrogen-bond acceptors (Lipinski definition) is 3. The van der Waals surface area contributed by atoms with Gasteiger partial charge < -0.3 is 10.6 Å². The van der Waals surface area contributed by atoms with Gasteiger partial charge in [-0.3, -0.25) is 9.69 Å². The summed E-state index contributed by atoms with van der Waals surface area (Å²) in [6, 6.07) is 4.89. The van der Waals surface area contributed by atoms with E-state index >= 15 is 0 Å². The molecule has 0 radical (unpaired) electrons. The van der Waals surface area contributed by atoms with Crippen molar-refractivity contribution in [3.63, 3.8) is 0 Å². The quantitative estimate of drug-likeness (QED) is 0.871. The Kier molecular flexibility index (Phi) is 5.96. The molecular weight excluding hydrogens is 293 g/mol. The molecule has 1 aromatic carbocycles. The lowest BCUT2D eigenvalue weighted by molar-refractivity contribution is -0.122. The lowest BCUT2D eigenvalue weighted by Gasteiger charge is -2.32. The van der Waals surface area contributed by atoms with Gasteiger partial charge in [-0.25, -0.2) is 4.39 Å². The predicted octanol–water partition coefficient (Wildman–Crippen LogP) is 1.78. The minimum Gasteiger partial charge on any atom is -0.358 e. The highest BCUT2D eigenvalue weighted by Crippen LogP contribution is 2.18. The van der Waals surface area contributed by atoms with Crippen LogP contribution in [0, 0.1) is 5.82 Å². The van der Waals surface area contributed by atoms with Crippen LogP contribution in [0.2, 0.25) is 5.02 Å². The van der Waals surface area contributed by atoms with Crippen LogP contribution >= 0.6 is 11.6 Å². The van der Waals surface area contributed by atoms with Crippen molar-refractivity contribution in [1.29, 1.82) is 0 Å². The molecule has 0 bridgehead atoms. The average Bonchev–Trinajstić information content (AvgIpc) is 2.48. The van der Waals surface area contributed by atoms with Crippen LogP contribution in [0.4, 0.5) is 4.39 Å². The van der Waals surface area contributed by atoms with Gasteiger partial charge in [0.15, 0.2) is 0 Å². The van der Waals surface area contributed by atoms with Gasteiger partial charge in [0.1, 0.15) is 5.82 Å². The number of likely N-dealkylation sites (tertiary alicyclic amines) is 1. The molecule has 1 aliphatic rings. The van der Waals surface area contributed by atoms with E-state index in [9.17, 15) is 9.18 Å². The summed E-state index contributed by atoms with van der Waals surface area (Å²) in [5.74, 6) is -0.259. The molecular formula is C15H21ClFN3O. The summed E-state index contributed by atoms with van der Waals surface area (Å²) in [5.41, 5.74) is 0.908. The molecule has 1 aromatic rings. The molecule has 116 valence electrons. The van der Waals surface area contributed by atoms with Crippen LogP contribution < -0.4 is 10.6 Å². The van der Waals surface area contributed by atoms with E-state index in [-0.39, 0.29) is 11.7 Å². The van der Waals surface area contributed by atoms with Gasteiger partial charge in [0.05, 0.1) is 6.54 Å². The fourth-order valence-electron chi connectivity index (χ4n) is 2.50. The first-order valence-electron chi connectivity index (χ1n) is 7.18. The number of nitrogens with zero attached hydrogens (tertiary/aromatic N) is 1. The minimum atomic E-state index is -0.314. The number of halogens is 2. The maximum absolute atomic E-state index is 13.0. The van der Waals surface area contributed by atoms with Crippen LogP contribution in [0.25, 0.3) is 0 Å². The summed E-state index contributed by atoms with van der Waals surface area (Å²) >= 11 is 6.01. The van der Waals surface area contributed by atoms with Crippen molar-refractivity contribution in [2.24, 2.45) is 0 Å². The molecule has 1 amide bonds. The van der Waals surface area contributed by atoms with Crippen LogP contribution in [-0.4, -0.2) is 43.5 Å². The van der Waals surface area contributed by atoms with Gasteiger partial charge in [-0.05, 0) is 30.5 Å². The van der Waals surface area contributed by atoms with Crippen LogP contribution in [0.3, 0.4) is 0 Å². The number of benzene rings is 1. The van der Waals surface area contributed by atoms with Gasteiger partial charge in [0.2, 0.25) is 5.91 Å². The zero-order chi connectivity index (χ0) is 15.2. The first-order valence-corrected chi connectivity index (χ1v) is 7.56. The Bertz CT molecular complexity index is 490. The minimum absolute atomic E-state index is 0.0551. The summed E-state index contributed by atoms with van der Waals surface area (Å²) in [4.78, 5) is 13.5. The van der Waals surface area contributed by atoms with E-state index in [0.29, 0.717) is 24.2 Å². The second kappa shape index (κ2) is 7.73. The molecule has 0 aliphatic carbocycles. The van der Waals surface area contributed by atoms with Gasteiger partial charge >= 0.3 is 0 Å². The third-order valence-electron chi connectivity index (χ3n) is 3.83. The van der Waals surface area contributed by atoms with Crippen molar-refractivity contribution in [2.45, 2.75) is 25.4 Å². The fraction of sp³-hybridized carbons (Fsp3) is 0.533. The van der Waals surface area contributed by atoms with Gasteiger partial charge in [0, 0.05) is 37.7 Å². The highest BCUT2D eigenvalue weighted by atomic mass is 35.5. The number of amides is 1. The first-order chi connectivity index (χ1) is 10.1. The number of piperidine rings is 1. The largest absolute Gasteiger partial charge is 0.358 e. The summed E-state index contributed by atoms with van der Waals surface area (Å²) in [6.07, 6.45) is 1.99. The zero-order valence-electron chi connectivity index (χ0n) is 12.2. The Morgan fingerprint density at radius 3 is 2.76 bits per heavy atom. The number of nitrogens with one attached hydrogen (secondary N) is 2. The molecule has 2 N–H and O–H groups in total. The number of hydrogen-bond donors (Lipinski definition) is 2. The van der Waals surface area contributed by atoms with Gasteiger partial charge in [0.25, 0.3) is 0 Å². The first kappa shape index (κ1) is 16.2. The summed E-state index contributed by atoms with van der Waals surface area (Å²) in [5, 5.41) is 6.55. The maximum atomic E-state index is 13.0. The Hall–Kier alpha value is -1.17. The highest BCUT2D eigenvalue weighted by Gasteiger charge is 2.20. The lowest BCUT2D eigenvalue weighted by Crippen LogP contribution is -2.45. The monoisotopic (exact) mass is 313 g/mol. The summed E-state index contributed by atoms with van der Waals surface area (Å²) in [7, 11) is 1.66. The van der Waals surface area contributed by atoms with Gasteiger partial charge in [-0.1, -0.05) is 17.7 Å². The molecule has 21 heavy (non-hydrogen) atoms. The third-order valence-corrected chi connectivity index (χ3v) is 4.18. The van der Waals surface area contributed by atoms with Crippen molar-refractivity contribution in [3.05, 3.63) is 34.6 Å². The van der Waals surface area contributed by atoms with E-state index in [4.69, 9.17) is 11.6 Å². The Balaban J connectivity index is 1.75. The number of rotatable bonds is 5. The predicted molar refractivity (Wildman–Crippen MR) is 81.8 cm³/mol. The molecule has 0 atom stereocenters. The second-order valence-corrected chi connectivity index (χ2v) is 5.75. The van der Waals surface area contributed by atoms with Crippen molar-refractivity contribution < 1.29 is 9.18 Å². The van der Waals surface area contributed by atoms with Crippen LogP contribution in [-0.2, 0) is 11.3 Å². The zero-order valence-corrected chi connectivity index (χ0v) is 12.9. The smallest absolute Gasteiger partial charge is 0.233 e. The van der Waals surface area contributed by atoms with E-state index in [1.54, 1.807) is 13.1 Å². The fourth-order valence-corrected chi connectivity index (χ4v) is 2.73. The van der Waals surface area contributed by atoms with E-state index in [1.807, 2.05) is 0 Å². The molecule has 1 fully saturated rings. The van der Waals surface area contributed by atoms with E-state index in [1.165, 1.54) is 12.1 Å². The Labute approximate surface area is 129 Å². The molecule has 2 rings (SSSR count). The Morgan fingerprint density at radius 2 is 2.14 bits per heavy atom. The van der Waals surface area contributed by atoms with Crippen LogP contribution in [0.5, 0.6) is 0 Å². The third kappa shape index (κ3) is 4.95. The highest BCUT2D eigenvalue weighted by molar-refractivity contribution is 6.31. The van der Waals surface area contributed by atoms with E-state index in [2.05, 4.69) is 15.5 Å². The Morgan fingerprint density at radius 1 is 1.43 bits per heavy atom. The molecule has 0 aromatic heterocycles. The number of likely N-dealkylation sites (N-methyl/N-ethyl adjacent to an activating group) is 1.